The van der Waals surface area contributed by atoms with Crippen molar-refractivity contribution in [2.24, 2.45) is 0 Å². The Kier molecular flexibility index (Phi) is 5.68. The molecule has 0 bridgehead atoms. The lowest BCUT2D eigenvalue weighted by molar-refractivity contribution is -0.122. The van der Waals surface area contributed by atoms with Gasteiger partial charge in [-0.25, -0.2) is 9.37 Å². The second-order valence-corrected chi connectivity index (χ2v) is 6.40. The Labute approximate surface area is 152 Å². The van der Waals surface area contributed by atoms with Crippen LogP contribution in [0.4, 0.5) is 15.9 Å². The molecule has 0 unspecified atom stereocenters. The monoisotopic (exact) mass is 358 g/mol. The van der Waals surface area contributed by atoms with E-state index in [2.05, 4.69) is 27.1 Å². The molecule has 0 saturated carbocycles. The number of halogens is 1. The Morgan fingerprint density at radius 3 is 2.46 bits per heavy atom. The summed E-state index contributed by atoms with van der Waals surface area (Å²) in [6.07, 6.45) is 0.939. The van der Waals surface area contributed by atoms with Crippen LogP contribution in [-0.4, -0.2) is 55.1 Å². The highest BCUT2D eigenvalue weighted by atomic mass is 19.1. The summed E-state index contributed by atoms with van der Waals surface area (Å²) in [5.74, 6) is 0.716. The molecule has 1 aliphatic rings. The fourth-order valence-electron chi connectivity index (χ4n) is 2.70. The number of nitrogens with zero attached hydrogens (tertiary/aromatic N) is 3. The zero-order chi connectivity index (χ0) is 18.5. The van der Waals surface area contributed by atoms with Gasteiger partial charge in [0.05, 0.1) is 11.9 Å². The average molecular weight is 358 g/mol. The highest BCUT2D eigenvalue weighted by Gasteiger charge is 2.17. The van der Waals surface area contributed by atoms with Crippen molar-refractivity contribution in [1.29, 1.82) is 0 Å². The topological polar surface area (TPSA) is 57.7 Å². The van der Waals surface area contributed by atoms with E-state index in [-0.39, 0.29) is 11.7 Å². The summed E-state index contributed by atoms with van der Waals surface area (Å²) < 4.78 is 18.4. The predicted octanol–water partition coefficient (Wildman–Crippen LogP) is 2.38. The molecule has 1 N–H and O–H groups in total. The van der Waals surface area contributed by atoms with E-state index in [4.69, 9.17) is 4.74 Å². The number of pyridine rings is 1. The van der Waals surface area contributed by atoms with E-state index in [0.717, 1.165) is 32.0 Å². The highest BCUT2D eigenvalue weighted by molar-refractivity contribution is 5.94. The average Bonchev–Trinajstić information content (AvgIpc) is 2.65. The number of hydrogen-bond donors (Lipinski definition) is 1. The molecule has 1 amide bonds. The Balaban J connectivity index is 1.54. The number of likely N-dealkylation sites (N-methyl/N-ethyl adjacent to an activating group) is 1. The van der Waals surface area contributed by atoms with Crippen molar-refractivity contribution >= 4 is 17.4 Å². The molecular formula is C19H23FN4O2. The second kappa shape index (κ2) is 8.14. The summed E-state index contributed by atoms with van der Waals surface area (Å²) in [6, 6.07) is 9.31. The van der Waals surface area contributed by atoms with Crippen molar-refractivity contribution in [1.82, 2.24) is 9.88 Å². The molecule has 1 aromatic heterocycles. The van der Waals surface area contributed by atoms with Crippen LogP contribution in [0.15, 0.2) is 42.6 Å². The third kappa shape index (κ3) is 4.70. The summed E-state index contributed by atoms with van der Waals surface area (Å²) in [5, 5.41) is 2.78. The van der Waals surface area contributed by atoms with E-state index < -0.39 is 6.10 Å². The van der Waals surface area contributed by atoms with Crippen LogP contribution in [0.25, 0.3) is 0 Å². The van der Waals surface area contributed by atoms with Gasteiger partial charge in [0.15, 0.2) is 6.10 Å². The van der Waals surface area contributed by atoms with E-state index in [1.54, 1.807) is 13.1 Å². The molecule has 0 spiro atoms. The predicted molar refractivity (Wildman–Crippen MR) is 99.1 cm³/mol. The fraction of sp³-hybridized carbons (Fsp3) is 0.368. The van der Waals surface area contributed by atoms with Gasteiger partial charge in [-0.15, -0.1) is 0 Å². The SMILES string of the molecule is C[C@H](Oc1ccc(F)cc1)C(=O)Nc1ccc(N2CCN(C)CC2)nc1. The lowest BCUT2D eigenvalue weighted by Gasteiger charge is -2.33. The van der Waals surface area contributed by atoms with E-state index in [9.17, 15) is 9.18 Å². The van der Waals surface area contributed by atoms with Crippen LogP contribution in [0.3, 0.4) is 0 Å². The maximum absolute atomic E-state index is 12.9. The number of hydrogen-bond acceptors (Lipinski definition) is 5. The molecule has 138 valence electrons. The minimum absolute atomic E-state index is 0.288. The van der Waals surface area contributed by atoms with Crippen LogP contribution in [-0.2, 0) is 4.79 Å². The van der Waals surface area contributed by atoms with Crippen LogP contribution >= 0.6 is 0 Å². The van der Waals surface area contributed by atoms with Gasteiger partial charge < -0.3 is 19.9 Å². The van der Waals surface area contributed by atoms with Gasteiger partial charge >= 0.3 is 0 Å². The Morgan fingerprint density at radius 2 is 1.85 bits per heavy atom. The van der Waals surface area contributed by atoms with Crippen molar-refractivity contribution in [3.05, 3.63) is 48.4 Å². The molecule has 1 aromatic carbocycles. The van der Waals surface area contributed by atoms with Gasteiger partial charge in [-0.2, -0.15) is 0 Å². The van der Waals surface area contributed by atoms with E-state index in [0.29, 0.717) is 11.4 Å². The van der Waals surface area contributed by atoms with E-state index >= 15 is 0 Å². The summed E-state index contributed by atoms with van der Waals surface area (Å²) in [6.45, 7) is 5.55. The van der Waals surface area contributed by atoms with Gasteiger partial charge in [-0.05, 0) is 50.4 Å². The van der Waals surface area contributed by atoms with Crippen LogP contribution in [0, 0.1) is 5.82 Å². The summed E-state index contributed by atoms with van der Waals surface area (Å²) in [7, 11) is 2.11. The standard InChI is InChI=1S/C19H23FN4O2/c1-14(26-17-6-3-15(20)4-7-17)19(25)22-16-5-8-18(21-13-16)24-11-9-23(2)10-12-24/h3-8,13-14H,9-12H2,1-2H3,(H,22,25)/t14-/m0/s1. The lowest BCUT2D eigenvalue weighted by atomic mass is 10.3. The molecule has 1 saturated heterocycles. The molecule has 7 heteroatoms. The Morgan fingerprint density at radius 1 is 1.15 bits per heavy atom. The van der Waals surface area contributed by atoms with Crippen LogP contribution in [0.1, 0.15) is 6.92 Å². The summed E-state index contributed by atoms with van der Waals surface area (Å²) in [5.41, 5.74) is 0.613. The molecule has 26 heavy (non-hydrogen) atoms. The molecule has 2 heterocycles. The number of carbonyl (C=O) groups is 1. The first-order valence-electron chi connectivity index (χ1n) is 8.64. The third-order valence-electron chi connectivity index (χ3n) is 4.34. The fourth-order valence-corrected chi connectivity index (χ4v) is 2.70. The number of benzene rings is 1. The van der Waals surface area contributed by atoms with Gasteiger partial charge in [0, 0.05) is 26.2 Å². The highest BCUT2D eigenvalue weighted by Crippen LogP contribution is 2.17. The van der Waals surface area contributed by atoms with Gasteiger partial charge in [0.25, 0.3) is 5.91 Å². The Bertz CT molecular complexity index is 728. The maximum Gasteiger partial charge on any atom is 0.265 e. The minimum Gasteiger partial charge on any atom is -0.481 e. The number of nitrogens with one attached hydrogen (secondary N) is 1. The smallest absolute Gasteiger partial charge is 0.265 e. The van der Waals surface area contributed by atoms with Gasteiger partial charge in [-0.3, -0.25) is 4.79 Å². The van der Waals surface area contributed by atoms with Crippen molar-refractivity contribution in [2.75, 3.05) is 43.4 Å². The number of rotatable bonds is 5. The second-order valence-electron chi connectivity index (χ2n) is 6.40. The first-order valence-corrected chi connectivity index (χ1v) is 8.64. The molecule has 0 aliphatic carbocycles. The maximum atomic E-state index is 12.9. The van der Waals surface area contributed by atoms with Crippen LogP contribution in [0.5, 0.6) is 5.75 Å². The number of anilines is 2. The number of amides is 1. The molecule has 6 nitrogen and oxygen atoms in total. The van der Waals surface area contributed by atoms with Crippen molar-refractivity contribution in [3.63, 3.8) is 0 Å². The molecular weight excluding hydrogens is 335 g/mol. The quantitative estimate of drug-likeness (QED) is 0.889. The van der Waals surface area contributed by atoms with Crippen LogP contribution in [0.2, 0.25) is 0 Å². The van der Waals surface area contributed by atoms with Crippen molar-refractivity contribution in [3.8, 4) is 5.75 Å². The normalized spacial score (nSPS) is 16.2. The van der Waals surface area contributed by atoms with Crippen molar-refractivity contribution in [2.45, 2.75) is 13.0 Å². The molecule has 1 fully saturated rings. The van der Waals surface area contributed by atoms with Gasteiger partial charge in [-0.1, -0.05) is 0 Å². The van der Waals surface area contributed by atoms with Gasteiger partial charge in [0.1, 0.15) is 17.4 Å². The zero-order valence-corrected chi connectivity index (χ0v) is 15.0. The van der Waals surface area contributed by atoms with Crippen molar-refractivity contribution < 1.29 is 13.9 Å². The first kappa shape index (κ1) is 18.1. The number of carbonyl (C=O) groups excluding carboxylic acids is 1. The van der Waals surface area contributed by atoms with E-state index in [1.807, 2.05) is 12.1 Å². The summed E-state index contributed by atoms with van der Waals surface area (Å²) in [4.78, 5) is 21.2. The molecule has 2 aromatic rings. The Hall–Kier alpha value is -2.67. The van der Waals surface area contributed by atoms with Crippen LogP contribution < -0.4 is 15.0 Å². The van der Waals surface area contributed by atoms with Gasteiger partial charge in [0.2, 0.25) is 0 Å². The largest absolute Gasteiger partial charge is 0.481 e. The molecule has 1 aliphatic heterocycles. The molecule has 1 atom stereocenters. The third-order valence-corrected chi connectivity index (χ3v) is 4.34. The lowest BCUT2D eigenvalue weighted by Crippen LogP contribution is -2.44. The number of aromatic nitrogens is 1. The molecule has 0 radical (unpaired) electrons. The molecule has 3 rings (SSSR count). The number of piperazine rings is 1. The minimum atomic E-state index is -0.710. The zero-order valence-electron chi connectivity index (χ0n) is 15.0. The first-order chi connectivity index (χ1) is 12.5. The number of ether oxygens (including phenoxy) is 1. The summed E-state index contributed by atoms with van der Waals surface area (Å²) >= 11 is 0. The van der Waals surface area contributed by atoms with E-state index in [1.165, 1.54) is 24.3 Å².